The van der Waals surface area contributed by atoms with E-state index < -0.39 is 0 Å². The number of nitrogens with one attached hydrogen (secondary N) is 1. The molecule has 0 saturated carbocycles. The highest BCUT2D eigenvalue weighted by atomic mass is 35.5. The van der Waals surface area contributed by atoms with Crippen molar-refractivity contribution in [3.8, 4) is 11.1 Å². The average Bonchev–Trinajstić information content (AvgIpc) is 3.46. The summed E-state index contributed by atoms with van der Waals surface area (Å²) in [5.74, 6) is 1.43. The van der Waals surface area contributed by atoms with Gasteiger partial charge in [0.1, 0.15) is 17.0 Å². The average molecular weight is 445 g/mol. The smallest absolute Gasteiger partial charge is 0.138 e. The topological polar surface area (TPSA) is 59.5 Å². The number of fused-ring (bicyclic) bond motifs is 1. The molecule has 0 aliphatic carbocycles. The molecule has 0 amide bonds. The number of nitrogens with zero attached hydrogens (tertiary/aromatic N) is 3. The highest BCUT2D eigenvalue weighted by molar-refractivity contribution is 7.17. The van der Waals surface area contributed by atoms with Crippen LogP contribution in [0.1, 0.15) is 6.42 Å². The lowest BCUT2D eigenvalue weighted by Gasteiger charge is -2.37. The number of hydrogen-bond donors (Lipinski definition) is 1. The number of hydrogen-bond acceptors (Lipinski definition) is 7. The first-order chi connectivity index (χ1) is 14.8. The molecule has 2 aliphatic heterocycles. The fourth-order valence-corrected chi connectivity index (χ4v) is 5.45. The third kappa shape index (κ3) is 4.18. The molecule has 0 unspecified atom stereocenters. The first-order valence-electron chi connectivity index (χ1n) is 10.4. The first-order valence-corrected chi connectivity index (χ1v) is 11.7. The second-order valence-corrected chi connectivity index (χ2v) is 9.07. The van der Waals surface area contributed by atoms with E-state index in [2.05, 4.69) is 25.6 Å². The summed E-state index contributed by atoms with van der Waals surface area (Å²) >= 11 is 7.73. The quantitative estimate of drug-likeness (QED) is 0.616. The van der Waals surface area contributed by atoms with E-state index in [-0.39, 0.29) is 0 Å². The van der Waals surface area contributed by atoms with E-state index in [0.717, 1.165) is 84.7 Å². The molecule has 4 heterocycles. The van der Waals surface area contributed by atoms with Gasteiger partial charge in [-0.05, 0) is 24.1 Å². The van der Waals surface area contributed by atoms with Gasteiger partial charge >= 0.3 is 0 Å². The number of halogens is 1. The van der Waals surface area contributed by atoms with Crippen molar-refractivity contribution in [2.75, 3.05) is 51.4 Å². The summed E-state index contributed by atoms with van der Waals surface area (Å²) in [4.78, 5) is 12.6. The fraction of sp³-hybridized carbons (Fsp3) is 0.455. The van der Waals surface area contributed by atoms with E-state index in [1.54, 1.807) is 17.7 Å². The number of anilines is 1. The Hall–Kier alpha value is -1.77. The third-order valence-electron chi connectivity index (χ3n) is 6.03. The maximum atomic E-state index is 6.08. The van der Waals surface area contributed by atoms with Crippen LogP contribution in [0.5, 0.6) is 0 Å². The molecule has 5 rings (SSSR count). The first kappa shape index (κ1) is 20.2. The monoisotopic (exact) mass is 444 g/mol. The van der Waals surface area contributed by atoms with Crippen molar-refractivity contribution in [1.29, 1.82) is 0 Å². The SMILES string of the molecule is Clc1ccc(-c2csc3ncnc(NC[C@@H]([C@@H]4CCOC4)N4CCOCC4)c23)cc1. The number of rotatable bonds is 6. The lowest BCUT2D eigenvalue weighted by atomic mass is 9.96. The second-order valence-electron chi connectivity index (χ2n) is 7.78. The Balaban J connectivity index is 1.42. The van der Waals surface area contributed by atoms with Crippen LogP contribution in [0.15, 0.2) is 36.0 Å². The van der Waals surface area contributed by atoms with Gasteiger partial charge in [-0.1, -0.05) is 23.7 Å². The predicted molar refractivity (Wildman–Crippen MR) is 121 cm³/mol. The molecule has 2 aromatic heterocycles. The highest BCUT2D eigenvalue weighted by Gasteiger charge is 2.31. The molecule has 2 fully saturated rings. The van der Waals surface area contributed by atoms with Gasteiger partial charge in [0.05, 0.1) is 25.2 Å². The zero-order chi connectivity index (χ0) is 20.3. The summed E-state index contributed by atoms with van der Waals surface area (Å²) in [7, 11) is 0. The van der Waals surface area contributed by atoms with E-state index in [1.807, 2.05) is 24.3 Å². The Morgan fingerprint density at radius 1 is 1.13 bits per heavy atom. The van der Waals surface area contributed by atoms with Crippen LogP contribution < -0.4 is 5.32 Å². The Morgan fingerprint density at radius 3 is 2.73 bits per heavy atom. The van der Waals surface area contributed by atoms with Crippen molar-refractivity contribution >= 4 is 39.0 Å². The van der Waals surface area contributed by atoms with Crippen LogP contribution in [-0.2, 0) is 9.47 Å². The van der Waals surface area contributed by atoms with Gasteiger partial charge in [-0.3, -0.25) is 4.90 Å². The van der Waals surface area contributed by atoms with Crippen molar-refractivity contribution in [3.05, 3.63) is 41.0 Å². The zero-order valence-corrected chi connectivity index (χ0v) is 18.3. The molecule has 158 valence electrons. The minimum Gasteiger partial charge on any atom is -0.381 e. The zero-order valence-electron chi connectivity index (χ0n) is 16.7. The molecule has 8 heteroatoms. The molecule has 1 aromatic carbocycles. The Bertz CT molecular complexity index is 984. The van der Waals surface area contributed by atoms with Crippen LogP contribution in [0.2, 0.25) is 5.02 Å². The summed E-state index contributed by atoms with van der Waals surface area (Å²) in [6, 6.07) is 8.34. The molecule has 0 radical (unpaired) electrons. The predicted octanol–water partition coefficient (Wildman–Crippen LogP) is 4.16. The third-order valence-corrected chi connectivity index (χ3v) is 7.17. The molecular weight excluding hydrogens is 420 g/mol. The van der Waals surface area contributed by atoms with Gasteiger partial charge in [-0.25, -0.2) is 9.97 Å². The van der Waals surface area contributed by atoms with E-state index in [9.17, 15) is 0 Å². The van der Waals surface area contributed by atoms with Gasteiger partial charge in [-0.2, -0.15) is 0 Å². The number of ether oxygens (including phenoxy) is 2. The number of thiophene rings is 1. The van der Waals surface area contributed by atoms with Crippen molar-refractivity contribution in [1.82, 2.24) is 14.9 Å². The normalized spacial score (nSPS) is 21.2. The Labute approximate surface area is 185 Å². The van der Waals surface area contributed by atoms with Gasteiger partial charge in [0.15, 0.2) is 0 Å². The van der Waals surface area contributed by atoms with Gasteiger partial charge in [0.2, 0.25) is 0 Å². The van der Waals surface area contributed by atoms with Gasteiger partial charge in [0, 0.05) is 54.2 Å². The number of benzene rings is 1. The van der Waals surface area contributed by atoms with Gasteiger partial charge in [-0.15, -0.1) is 11.3 Å². The van der Waals surface area contributed by atoms with Crippen LogP contribution in [0, 0.1) is 5.92 Å². The van der Waals surface area contributed by atoms with Gasteiger partial charge in [0.25, 0.3) is 0 Å². The minimum absolute atomic E-state index is 0.402. The van der Waals surface area contributed by atoms with Crippen LogP contribution in [0.25, 0.3) is 21.3 Å². The Morgan fingerprint density at radius 2 is 1.97 bits per heavy atom. The standard InChI is InChI=1S/C22H25ClN4O2S/c23-17-3-1-15(2-4-17)18-13-30-22-20(18)21(25-14-26-22)24-11-19(16-5-8-29-12-16)27-6-9-28-10-7-27/h1-4,13-14,16,19H,5-12H2,(H,24,25,26)/t16-,19+/m1/s1. The number of morpholine rings is 1. The second kappa shape index (κ2) is 9.16. The largest absolute Gasteiger partial charge is 0.381 e. The van der Waals surface area contributed by atoms with Crippen LogP contribution in [0.4, 0.5) is 5.82 Å². The van der Waals surface area contributed by atoms with E-state index in [1.165, 1.54) is 0 Å². The molecule has 6 nitrogen and oxygen atoms in total. The molecule has 30 heavy (non-hydrogen) atoms. The minimum atomic E-state index is 0.402. The van der Waals surface area contributed by atoms with Crippen LogP contribution >= 0.6 is 22.9 Å². The molecule has 0 bridgehead atoms. The Kier molecular flexibility index (Phi) is 6.15. The molecule has 0 spiro atoms. The molecule has 3 aromatic rings. The van der Waals surface area contributed by atoms with E-state index in [0.29, 0.717) is 12.0 Å². The van der Waals surface area contributed by atoms with Crippen molar-refractivity contribution in [2.24, 2.45) is 5.92 Å². The molecular formula is C22H25ClN4O2S. The highest BCUT2D eigenvalue weighted by Crippen LogP contribution is 2.37. The summed E-state index contributed by atoms with van der Waals surface area (Å²) in [6.07, 6.45) is 2.76. The summed E-state index contributed by atoms with van der Waals surface area (Å²) < 4.78 is 11.3. The number of aromatic nitrogens is 2. The van der Waals surface area contributed by atoms with Crippen LogP contribution in [0.3, 0.4) is 0 Å². The van der Waals surface area contributed by atoms with Gasteiger partial charge < -0.3 is 14.8 Å². The van der Waals surface area contributed by atoms with Crippen molar-refractivity contribution in [2.45, 2.75) is 12.5 Å². The summed E-state index contributed by atoms with van der Waals surface area (Å²) in [6.45, 7) is 6.05. The molecule has 2 atom stereocenters. The lowest BCUT2D eigenvalue weighted by molar-refractivity contribution is 0.00460. The van der Waals surface area contributed by atoms with Crippen molar-refractivity contribution < 1.29 is 9.47 Å². The lowest BCUT2D eigenvalue weighted by Crippen LogP contribution is -2.50. The van der Waals surface area contributed by atoms with Crippen molar-refractivity contribution in [3.63, 3.8) is 0 Å². The summed E-state index contributed by atoms with van der Waals surface area (Å²) in [5, 5.41) is 7.63. The van der Waals surface area contributed by atoms with E-state index >= 15 is 0 Å². The molecule has 2 saturated heterocycles. The van der Waals surface area contributed by atoms with Crippen LogP contribution in [-0.4, -0.2) is 67.0 Å². The molecule has 1 N–H and O–H groups in total. The maximum Gasteiger partial charge on any atom is 0.138 e. The maximum absolute atomic E-state index is 6.08. The van der Waals surface area contributed by atoms with E-state index in [4.69, 9.17) is 21.1 Å². The fourth-order valence-electron chi connectivity index (χ4n) is 4.41. The summed E-state index contributed by atoms with van der Waals surface area (Å²) in [5.41, 5.74) is 2.26. The molecule has 2 aliphatic rings.